The molecule has 0 atom stereocenters. The topological polar surface area (TPSA) is 17.1 Å². The molecule has 0 fully saturated rings. The van der Waals surface area contributed by atoms with Gasteiger partial charge in [-0.05, 0) is 25.5 Å². The van der Waals surface area contributed by atoms with Crippen LogP contribution in [0.4, 0.5) is 13.2 Å². The highest BCUT2D eigenvalue weighted by Crippen LogP contribution is 2.34. The van der Waals surface area contributed by atoms with E-state index in [1.165, 1.54) is 13.0 Å². The molecule has 1 nitrogen and oxygen atoms in total. The van der Waals surface area contributed by atoms with Gasteiger partial charge in [0.25, 0.3) is 0 Å². The van der Waals surface area contributed by atoms with Crippen molar-refractivity contribution in [2.75, 3.05) is 0 Å². The molecule has 1 rings (SSSR count). The van der Waals surface area contributed by atoms with Crippen LogP contribution < -0.4 is 0 Å². The molecule has 0 aliphatic rings. The van der Waals surface area contributed by atoms with Crippen LogP contribution in [-0.2, 0) is 17.4 Å². The van der Waals surface area contributed by atoms with Crippen molar-refractivity contribution in [1.29, 1.82) is 0 Å². The summed E-state index contributed by atoms with van der Waals surface area (Å²) >= 11 is 0.705. The summed E-state index contributed by atoms with van der Waals surface area (Å²) in [7, 11) is 0. The Labute approximate surface area is 83.6 Å². The average molecular weight is 222 g/mol. The number of rotatable bonds is 3. The van der Waals surface area contributed by atoms with Gasteiger partial charge in [0, 0.05) is 11.3 Å². The molecule has 1 aromatic heterocycles. The normalized spacial score (nSPS) is 11.7. The van der Waals surface area contributed by atoms with E-state index >= 15 is 0 Å². The van der Waals surface area contributed by atoms with Gasteiger partial charge in [-0.2, -0.15) is 13.2 Å². The van der Waals surface area contributed by atoms with E-state index in [0.29, 0.717) is 29.1 Å². The van der Waals surface area contributed by atoms with Gasteiger partial charge in [0.15, 0.2) is 0 Å². The smallest absolute Gasteiger partial charge is 0.300 e. The Morgan fingerprint density at radius 2 is 2.07 bits per heavy atom. The van der Waals surface area contributed by atoms with E-state index in [-0.39, 0.29) is 5.78 Å². The molecule has 0 saturated carbocycles. The Bertz CT molecular complexity index is 327. The number of carbonyl (C=O) groups excluding carboxylic acids is 1. The zero-order chi connectivity index (χ0) is 10.8. The monoisotopic (exact) mass is 222 g/mol. The van der Waals surface area contributed by atoms with Crippen LogP contribution in [0.5, 0.6) is 0 Å². The maximum absolute atomic E-state index is 12.1. The fourth-order valence-electron chi connectivity index (χ4n) is 0.964. The first-order chi connectivity index (χ1) is 6.39. The second-order valence-electron chi connectivity index (χ2n) is 2.97. The lowest BCUT2D eigenvalue weighted by atomic mass is 10.2. The van der Waals surface area contributed by atoms with Crippen LogP contribution >= 0.6 is 11.3 Å². The van der Waals surface area contributed by atoms with Crippen LogP contribution in [0, 0.1) is 0 Å². The van der Waals surface area contributed by atoms with Crippen LogP contribution in [0.15, 0.2) is 12.1 Å². The lowest BCUT2D eigenvalue weighted by Crippen LogP contribution is -2.00. The molecule has 0 unspecified atom stereocenters. The van der Waals surface area contributed by atoms with Gasteiger partial charge in [0.05, 0.1) is 0 Å². The first-order valence-corrected chi connectivity index (χ1v) is 4.86. The molecule has 0 saturated heterocycles. The van der Waals surface area contributed by atoms with Crippen molar-refractivity contribution >= 4 is 17.1 Å². The minimum atomic E-state index is -4.26. The Hall–Kier alpha value is -0.840. The standard InChI is InChI=1S/C9H9F3OS/c1-6(13)2-3-7-4-5-8(14-7)9(10,11)12/h4-5H,2-3H2,1H3. The molecule has 0 aliphatic heterocycles. The Morgan fingerprint density at radius 1 is 1.43 bits per heavy atom. The van der Waals surface area contributed by atoms with Crippen LogP contribution in [0.2, 0.25) is 0 Å². The Balaban J connectivity index is 2.64. The first kappa shape index (κ1) is 11.2. The highest BCUT2D eigenvalue weighted by Gasteiger charge is 2.32. The molecule has 0 radical (unpaired) electrons. The summed E-state index contributed by atoms with van der Waals surface area (Å²) in [6.07, 6.45) is -3.56. The van der Waals surface area contributed by atoms with Crippen molar-refractivity contribution in [3.63, 3.8) is 0 Å². The average Bonchev–Trinajstić information content (AvgIpc) is 2.47. The van der Waals surface area contributed by atoms with Gasteiger partial charge in [0.1, 0.15) is 10.7 Å². The number of halogens is 3. The number of Topliss-reactive ketones (excluding diaryl/α,β-unsaturated/α-hetero) is 1. The van der Waals surface area contributed by atoms with Gasteiger partial charge in [-0.1, -0.05) is 0 Å². The van der Waals surface area contributed by atoms with Gasteiger partial charge in [-0.15, -0.1) is 11.3 Å². The number of aryl methyl sites for hydroxylation is 1. The number of alkyl halides is 3. The van der Waals surface area contributed by atoms with Crippen LogP contribution in [-0.4, -0.2) is 5.78 Å². The highest BCUT2D eigenvalue weighted by atomic mass is 32.1. The predicted molar refractivity (Wildman–Crippen MR) is 48.3 cm³/mol. The Morgan fingerprint density at radius 3 is 2.50 bits per heavy atom. The summed E-state index contributed by atoms with van der Waals surface area (Å²) in [4.78, 5) is 10.6. The summed E-state index contributed by atoms with van der Waals surface area (Å²) in [6.45, 7) is 1.43. The quantitative estimate of drug-likeness (QED) is 0.767. The van der Waals surface area contributed by atoms with Crippen molar-refractivity contribution in [2.45, 2.75) is 25.9 Å². The molecule has 0 spiro atoms. The van der Waals surface area contributed by atoms with Crippen LogP contribution in [0.25, 0.3) is 0 Å². The summed E-state index contributed by atoms with van der Waals surface area (Å²) in [5.41, 5.74) is 0. The lowest BCUT2D eigenvalue weighted by Gasteiger charge is -2.00. The van der Waals surface area contributed by atoms with E-state index < -0.39 is 11.1 Å². The second kappa shape index (κ2) is 4.13. The molecule has 1 aromatic rings. The maximum Gasteiger partial charge on any atom is 0.425 e. The van der Waals surface area contributed by atoms with Crippen molar-refractivity contribution < 1.29 is 18.0 Å². The number of ketones is 1. The lowest BCUT2D eigenvalue weighted by molar-refractivity contribution is -0.134. The molecule has 0 N–H and O–H groups in total. The first-order valence-electron chi connectivity index (χ1n) is 4.05. The van der Waals surface area contributed by atoms with E-state index in [4.69, 9.17) is 0 Å². The highest BCUT2D eigenvalue weighted by molar-refractivity contribution is 7.12. The fourth-order valence-corrected chi connectivity index (χ4v) is 1.84. The van der Waals surface area contributed by atoms with E-state index in [1.807, 2.05) is 0 Å². The second-order valence-corrected chi connectivity index (χ2v) is 4.13. The van der Waals surface area contributed by atoms with Crippen molar-refractivity contribution in [3.8, 4) is 0 Å². The van der Waals surface area contributed by atoms with E-state index in [0.717, 1.165) is 6.07 Å². The molecule has 14 heavy (non-hydrogen) atoms. The fraction of sp³-hybridized carbons (Fsp3) is 0.444. The third-order valence-corrected chi connectivity index (χ3v) is 2.85. The van der Waals surface area contributed by atoms with Crippen molar-refractivity contribution in [1.82, 2.24) is 0 Å². The number of hydrogen-bond donors (Lipinski definition) is 0. The minimum Gasteiger partial charge on any atom is -0.300 e. The van der Waals surface area contributed by atoms with Crippen LogP contribution in [0.1, 0.15) is 23.1 Å². The zero-order valence-corrected chi connectivity index (χ0v) is 8.34. The molecule has 5 heteroatoms. The molecule has 0 bridgehead atoms. The molecule has 0 aliphatic carbocycles. The Kier molecular flexibility index (Phi) is 3.31. The number of thiophene rings is 1. The molecule has 78 valence electrons. The zero-order valence-electron chi connectivity index (χ0n) is 7.52. The molecular weight excluding hydrogens is 213 g/mol. The van der Waals surface area contributed by atoms with Crippen molar-refractivity contribution in [3.05, 3.63) is 21.9 Å². The minimum absolute atomic E-state index is 0.00745. The number of carbonyl (C=O) groups is 1. The third kappa shape index (κ3) is 3.14. The van der Waals surface area contributed by atoms with E-state index in [2.05, 4.69) is 0 Å². The van der Waals surface area contributed by atoms with Gasteiger partial charge >= 0.3 is 6.18 Å². The molecular formula is C9H9F3OS. The maximum atomic E-state index is 12.1. The van der Waals surface area contributed by atoms with E-state index in [9.17, 15) is 18.0 Å². The van der Waals surface area contributed by atoms with Crippen molar-refractivity contribution in [2.24, 2.45) is 0 Å². The molecule has 0 aromatic carbocycles. The summed E-state index contributed by atoms with van der Waals surface area (Å²) in [5, 5.41) is 0. The van der Waals surface area contributed by atoms with Gasteiger partial charge in [0.2, 0.25) is 0 Å². The largest absolute Gasteiger partial charge is 0.425 e. The molecule has 0 amide bonds. The van der Waals surface area contributed by atoms with Gasteiger partial charge in [-0.3, -0.25) is 0 Å². The third-order valence-electron chi connectivity index (χ3n) is 1.66. The predicted octanol–water partition coefficient (Wildman–Crippen LogP) is 3.29. The summed E-state index contributed by atoms with van der Waals surface area (Å²) in [5.74, 6) is -0.00745. The van der Waals surface area contributed by atoms with E-state index in [1.54, 1.807) is 0 Å². The SMILES string of the molecule is CC(=O)CCc1ccc(C(F)(F)F)s1. The molecule has 1 heterocycles. The van der Waals surface area contributed by atoms with Crippen LogP contribution in [0.3, 0.4) is 0 Å². The summed E-state index contributed by atoms with van der Waals surface area (Å²) in [6, 6.07) is 2.48. The van der Waals surface area contributed by atoms with Gasteiger partial charge < -0.3 is 4.79 Å². The number of hydrogen-bond acceptors (Lipinski definition) is 2. The van der Waals surface area contributed by atoms with Gasteiger partial charge in [-0.25, -0.2) is 0 Å². The summed E-state index contributed by atoms with van der Waals surface area (Å²) < 4.78 is 36.4.